The summed E-state index contributed by atoms with van der Waals surface area (Å²) in [5.74, 6) is 0.691. The van der Waals surface area contributed by atoms with Gasteiger partial charge in [0.2, 0.25) is 16.8 Å². The highest BCUT2D eigenvalue weighted by Gasteiger charge is 2.22. The van der Waals surface area contributed by atoms with Gasteiger partial charge in [0, 0.05) is 37.9 Å². The van der Waals surface area contributed by atoms with Crippen LogP contribution in [0.4, 0.5) is 10.8 Å². The first-order chi connectivity index (χ1) is 16.7. The topological polar surface area (TPSA) is 118 Å². The van der Waals surface area contributed by atoms with Crippen LogP contribution in [0, 0.1) is 0 Å². The van der Waals surface area contributed by atoms with E-state index in [1.165, 1.54) is 41.1 Å². The van der Waals surface area contributed by atoms with Crippen LogP contribution in [-0.4, -0.2) is 64.0 Å². The molecular formula is C22H20N6O4S2. The number of para-hydroxylation sites is 1. The number of hydrogen-bond acceptors (Lipinski definition) is 10. The zero-order valence-electron chi connectivity index (χ0n) is 17.9. The number of anilines is 2. The second-order valence-corrected chi connectivity index (χ2v) is 9.57. The number of furan rings is 1. The van der Waals surface area contributed by atoms with Gasteiger partial charge in [0.05, 0.1) is 12.0 Å². The van der Waals surface area contributed by atoms with Gasteiger partial charge in [0.1, 0.15) is 0 Å². The molecule has 0 unspecified atom stereocenters. The Morgan fingerprint density at radius 2 is 1.85 bits per heavy atom. The van der Waals surface area contributed by atoms with E-state index in [9.17, 15) is 9.59 Å². The molecule has 1 aliphatic heterocycles. The molecule has 12 heteroatoms. The third-order valence-electron chi connectivity index (χ3n) is 5.21. The number of aromatic nitrogens is 3. The number of carbonyl (C=O) groups is 2. The predicted molar refractivity (Wildman–Crippen MR) is 128 cm³/mol. The molecule has 0 atom stereocenters. The van der Waals surface area contributed by atoms with E-state index in [1.54, 1.807) is 12.1 Å². The Balaban J connectivity index is 1.09. The van der Waals surface area contributed by atoms with Crippen LogP contribution in [0.15, 0.2) is 68.1 Å². The Morgan fingerprint density at radius 3 is 2.62 bits per heavy atom. The van der Waals surface area contributed by atoms with Gasteiger partial charge in [-0.3, -0.25) is 14.9 Å². The smallest absolute Gasteiger partial charge is 0.279 e. The number of nitrogens with one attached hydrogen (secondary N) is 1. The van der Waals surface area contributed by atoms with Crippen molar-refractivity contribution in [1.29, 1.82) is 0 Å². The molecule has 1 N–H and O–H groups in total. The molecule has 1 aromatic carbocycles. The Hall–Kier alpha value is -3.64. The summed E-state index contributed by atoms with van der Waals surface area (Å²) < 4.78 is 11.0. The number of benzene rings is 1. The van der Waals surface area contributed by atoms with Crippen molar-refractivity contribution in [2.24, 2.45) is 0 Å². The normalized spacial score (nSPS) is 13.8. The minimum atomic E-state index is -0.471. The van der Waals surface area contributed by atoms with Crippen molar-refractivity contribution < 1.29 is 18.5 Å². The number of amides is 2. The Labute approximate surface area is 202 Å². The maximum absolute atomic E-state index is 12.6. The Bertz CT molecular complexity index is 1250. The molecule has 4 heterocycles. The summed E-state index contributed by atoms with van der Waals surface area (Å²) >= 11 is 2.51. The molecule has 4 aromatic rings. The third-order valence-corrected chi connectivity index (χ3v) is 7.16. The van der Waals surface area contributed by atoms with E-state index >= 15 is 0 Å². The number of hydrogen-bond donors (Lipinski definition) is 1. The Morgan fingerprint density at radius 1 is 1.03 bits per heavy atom. The van der Waals surface area contributed by atoms with Gasteiger partial charge in [-0.1, -0.05) is 46.5 Å². The fourth-order valence-electron chi connectivity index (χ4n) is 3.46. The quantitative estimate of drug-likeness (QED) is 0.303. The summed E-state index contributed by atoms with van der Waals surface area (Å²) in [6.45, 7) is 2.98. The first-order valence-electron chi connectivity index (χ1n) is 10.5. The zero-order chi connectivity index (χ0) is 23.3. The van der Waals surface area contributed by atoms with Crippen LogP contribution in [0.5, 0.6) is 0 Å². The zero-order valence-corrected chi connectivity index (χ0v) is 19.6. The van der Waals surface area contributed by atoms with Gasteiger partial charge >= 0.3 is 0 Å². The molecule has 0 bridgehead atoms. The van der Waals surface area contributed by atoms with E-state index < -0.39 is 5.91 Å². The highest BCUT2D eigenvalue weighted by Crippen LogP contribution is 2.27. The molecule has 0 saturated carbocycles. The summed E-state index contributed by atoms with van der Waals surface area (Å²) in [6, 6.07) is 15.1. The molecule has 1 saturated heterocycles. The highest BCUT2D eigenvalue weighted by molar-refractivity contribution is 8.01. The van der Waals surface area contributed by atoms with Gasteiger partial charge in [0.25, 0.3) is 5.91 Å². The minimum Gasteiger partial charge on any atom is -0.461 e. The van der Waals surface area contributed by atoms with Gasteiger partial charge in [-0.25, -0.2) is 0 Å². The van der Waals surface area contributed by atoms with Crippen molar-refractivity contribution in [3.05, 3.63) is 60.5 Å². The van der Waals surface area contributed by atoms with Crippen LogP contribution in [0.2, 0.25) is 0 Å². The Kier molecular flexibility index (Phi) is 6.58. The van der Waals surface area contributed by atoms with Gasteiger partial charge in [0.15, 0.2) is 15.8 Å². The van der Waals surface area contributed by atoms with Gasteiger partial charge < -0.3 is 18.7 Å². The fourth-order valence-corrected chi connectivity index (χ4v) is 5.11. The monoisotopic (exact) mass is 496 g/mol. The molecule has 0 spiro atoms. The lowest BCUT2D eigenvalue weighted by Crippen LogP contribution is -2.49. The van der Waals surface area contributed by atoms with Gasteiger partial charge in [-0.2, -0.15) is 0 Å². The maximum atomic E-state index is 12.6. The largest absolute Gasteiger partial charge is 0.461 e. The second-order valence-electron chi connectivity index (χ2n) is 7.37. The van der Waals surface area contributed by atoms with E-state index in [2.05, 4.69) is 37.7 Å². The third kappa shape index (κ3) is 5.13. The maximum Gasteiger partial charge on any atom is 0.279 e. The predicted octanol–water partition coefficient (Wildman–Crippen LogP) is 3.48. The molecule has 174 valence electrons. The molecule has 5 rings (SSSR count). The molecule has 10 nitrogen and oxygen atoms in total. The second kappa shape index (κ2) is 10.1. The van der Waals surface area contributed by atoms with Crippen molar-refractivity contribution in [2.45, 2.75) is 4.34 Å². The van der Waals surface area contributed by atoms with Crippen LogP contribution in [-0.2, 0) is 4.79 Å². The number of rotatable bonds is 7. The molecule has 2 amide bonds. The number of carbonyl (C=O) groups excluding carboxylic acids is 2. The lowest BCUT2D eigenvalue weighted by atomic mass is 10.2. The fraction of sp³-hybridized carbons (Fsp3) is 0.227. The lowest BCUT2D eigenvalue weighted by Gasteiger charge is -2.36. The summed E-state index contributed by atoms with van der Waals surface area (Å²) in [6.07, 6.45) is 1.51. The molecule has 0 radical (unpaired) electrons. The van der Waals surface area contributed by atoms with Crippen LogP contribution >= 0.6 is 23.1 Å². The van der Waals surface area contributed by atoms with Crippen molar-refractivity contribution in [3.8, 4) is 11.5 Å². The van der Waals surface area contributed by atoms with E-state index in [-0.39, 0.29) is 17.4 Å². The lowest BCUT2D eigenvalue weighted by molar-refractivity contribution is -0.128. The first-order valence-corrected chi connectivity index (χ1v) is 12.3. The van der Waals surface area contributed by atoms with Crippen molar-refractivity contribution in [2.75, 3.05) is 42.1 Å². The highest BCUT2D eigenvalue weighted by atomic mass is 32.2. The first kappa shape index (κ1) is 22.2. The summed E-state index contributed by atoms with van der Waals surface area (Å²) in [5.41, 5.74) is 1.27. The van der Waals surface area contributed by atoms with Gasteiger partial charge in [-0.05, 0) is 24.3 Å². The summed E-state index contributed by atoms with van der Waals surface area (Å²) in [7, 11) is 0. The van der Waals surface area contributed by atoms with Gasteiger partial charge in [-0.15, -0.1) is 10.2 Å². The summed E-state index contributed by atoms with van der Waals surface area (Å²) in [4.78, 5) is 29.2. The van der Waals surface area contributed by atoms with E-state index in [1.807, 2.05) is 23.1 Å². The number of piperazine rings is 1. The number of thioether (sulfide) groups is 1. The molecule has 1 fully saturated rings. The molecule has 3 aromatic heterocycles. The minimum absolute atomic E-state index is 0.0616. The van der Waals surface area contributed by atoms with E-state index in [4.69, 9.17) is 8.94 Å². The van der Waals surface area contributed by atoms with E-state index in [0.29, 0.717) is 34.1 Å². The van der Waals surface area contributed by atoms with Crippen LogP contribution in [0.25, 0.3) is 11.5 Å². The molecular weight excluding hydrogens is 476 g/mol. The number of nitrogens with zero attached hydrogens (tertiary/aromatic N) is 5. The molecule has 1 aliphatic rings. The van der Waals surface area contributed by atoms with Crippen LogP contribution < -0.4 is 10.2 Å². The summed E-state index contributed by atoms with van der Waals surface area (Å²) in [5, 5.41) is 14.8. The average Bonchev–Trinajstić information content (AvgIpc) is 3.65. The van der Waals surface area contributed by atoms with Crippen molar-refractivity contribution in [3.63, 3.8) is 0 Å². The average molecular weight is 497 g/mol. The van der Waals surface area contributed by atoms with E-state index in [0.717, 1.165) is 13.1 Å². The van der Waals surface area contributed by atoms with Crippen LogP contribution in [0.3, 0.4) is 0 Å². The molecule has 34 heavy (non-hydrogen) atoms. The van der Waals surface area contributed by atoms with Crippen molar-refractivity contribution in [1.82, 2.24) is 20.3 Å². The van der Waals surface area contributed by atoms with Crippen molar-refractivity contribution >= 4 is 45.7 Å². The SMILES string of the molecule is O=C(Nc1nnc(SCC(=O)N2CCN(c3ccccc3)CC2)s1)c1cc(-c2ccco2)on1. The van der Waals surface area contributed by atoms with Crippen LogP contribution in [0.1, 0.15) is 10.5 Å². The standard InChI is InChI=1S/C22H20N6O4S2/c29-19(28-10-8-27(9-11-28)15-5-2-1-3-6-15)14-33-22-25-24-21(34-22)23-20(30)16-13-18(32-26-16)17-7-4-12-31-17/h1-7,12-13H,8-11,14H2,(H,23,24,30). The molecule has 0 aliphatic carbocycles.